The summed E-state index contributed by atoms with van der Waals surface area (Å²) in [6.07, 6.45) is 1.96. The third kappa shape index (κ3) is 2.39. The van der Waals surface area contributed by atoms with Crippen molar-refractivity contribution in [3.63, 3.8) is 0 Å². The molecule has 1 rings (SSSR count). The SMILES string of the molecule is [C-]#[N+]CCc1cccc(CC)c1. The second-order valence-electron chi connectivity index (χ2n) is 2.81. The van der Waals surface area contributed by atoms with Crippen LogP contribution in [0.15, 0.2) is 24.3 Å². The zero-order chi connectivity index (χ0) is 8.81. The summed E-state index contributed by atoms with van der Waals surface area (Å²) >= 11 is 0. The number of hydrogen-bond acceptors (Lipinski definition) is 0. The highest BCUT2D eigenvalue weighted by Crippen LogP contribution is 2.06. The highest BCUT2D eigenvalue weighted by Gasteiger charge is 1.95. The first-order valence-corrected chi connectivity index (χ1v) is 4.28. The molecule has 0 spiro atoms. The Labute approximate surface area is 73.9 Å². The minimum Gasteiger partial charge on any atom is -0.317 e. The van der Waals surface area contributed by atoms with Gasteiger partial charge in [-0.1, -0.05) is 31.2 Å². The maximum Gasteiger partial charge on any atom is 0.218 e. The molecule has 12 heavy (non-hydrogen) atoms. The minimum atomic E-state index is 0.604. The molecule has 0 radical (unpaired) electrons. The summed E-state index contributed by atoms with van der Waals surface area (Å²) in [7, 11) is 0. The summed E-state index contributed by atoms with van der Waals surface area (Å²) in [6, 6.07) is 8.47. The van der Waals surface area contributed by atoms with E-state index in [0.29, 0.717) is 6.54 Å². The Hall–Kier alpha value is -1.29. The molecule has 0 unspecified atom stereocenters. The molecular weight excluding hydrogens is 146 g/mol. The van der Waals surface area contributed by atoms with Gasteiger partial charge < -0.3 is 4.85 Å². The second kappa shape index (κ2) is 4.56. The Morgan fingerprint density at radius 2 is 2.08 bits per heavy atom. The van der Waals surface area contributed by atoms with Gasteiger partial charge in [0, 0.05) is 6.42 Å². The average molecular weight is 159 g/mol. The highest BCUT2D eigenvalue weighted by molar-refractivity contribution is 5.23. The monoisotopic (exact) mass is 159 g/mol. The normalized spacial score (nSPS) is 9.33. The summed E-state index contributed by atoms with van der Waals surface area (Å²) < 4.78 is 0. The molecule has 0 bridgehead atoms. The van der Waals surface area contributed by atoms with E-state index in [9.17, 15) is 0 Å². The van der Waals surface area contributed by atoms with Crippen LogP contribution in [0.3, 0.4) is 0 Å². The van der Waals surface area contributed by atoms with Crippen LogP contribution >= 0.6 is 0 Å². The molecule has 0 aromatic heterocycles. The first-order valence-electron chi connectivity index (χ1n) is 4.28. The van der Waals surface area contributed by atoms with Crippen molar-refractivity contribution in [3.05, 3.63) is 46.8 Å². The quantitative estimate of drug-likeness (QED) is 0.597. The smallest absolute Gasteiger partial charge is 0.218 e. The molecular formula is C11H13N. The van der Waals surface area contributed by atoms with Crippen LogP contribution in [0.4, 0.5) is 0 Å². The third-order valence-corrected chi connectivity index (χ3v) is 1.91. The molecule has 0 atom stereocenters. The first kappa shape index (κ1) is 8.80. The molecule has 0 fully saturated rings. The van der Waals surface area contributed by atoms with E-state index < -0.39 is 0 Å². The molecule has 1 aromatic carbocycles. The van der Waals surface area contributed by atoms with Gasteiger partial charge in [0.25, 0.3) is 0 Å². The lowest BCUT2D eigenvalue weighted by Crippen LogP contribution is -1.89. The Kier molecular flexibility index (Phi) is 3.35. The number of hydrogen-bond donors (Lipinski definition) is 0. The van der Waals surface area contributed by atoms with E-state index in [0.717, 1.165) is 12.8 Å². The number of benzene rings is 1. The van der Waals surface area contributed by atoms with Gasteiger partial charge in [-0.2, -0.15) is 0 Å². The maximum atomic E-state index is 6.68. The van der Waals surface area contributed by atoms with E-state index in [4.69, 9.17) is 6.57 Å². The Morgan fingerprint density at radius 3 is 2.75 bits per heavy atom. The van der Waals surface area contributed by atoms with Crippen LogP contribution in [0.1, 0.15) is 18.1 Å². The topological polar surface area (TPSA) is 4.36 Å². The summed E-state index contributed by atoms with van der Waals surface area (Å²) in [5, 5.41) is 0. The van der Waals surface area contributed by atoms with Crippen LogP contribution in [0.25, 0.3) is 4.85 Å². The summed E-state index contributed by atoms with van der Waals surface area (Å²) in [4.78, 5) is 3.34. The lowest BCUT2D eigenvalue weighted by atomic mass is 10.1. The predicted molar refractivity (Wildman–Crippen MR) is 51.0 cm³/mol. The van der Waals surface area contributed by atoms with Crippen LogP contribution in [-0.4, -0.2) is 6.54 Å². The Morgan fingerprint density at radius 1 is 1.33 bits per heavy atom. The first-order chi connectivity index (χ1) is 5.86. The van der Waals surface area contributed by atoms with E-state index in [1.807, 2.05) is 0 Å². The lowest BCUT2D eigenvalue weighted by Gasteiger charge is -1.98. The summed E-state index contributed by atoms with van der Waals surface area (Å²) in [6.45, 7) is 9.43. The van der Waals surface area contributed by atoms with Gasteiger partial charge >= 0.3 is 0 Å². The third-order valence-electron chi connectivity index (χ3n) is 1.91. The summed E-state index contributed by atoms with van der Waals surface area (Å²) in [5.41, 5.74) is 2.64. The largest absolute Gasteiger partial charge is 0.317 e. The van der Waals surface area contributed by atoms with E-state index in [1.165, 1.54) is 11.1 Å². The molecule has 0 aliphatic rings. The van der Waals surface area contributed by atoms with Crippen LogP contribution in [0.2, 0.25) is 0 Å². The molecule has 0 amide bonds. The molecule has 1 heteroatoms. The Balaban J connectivity index is 2.67. The van der Waals surface area contributed by atoms with Crippen molar-refractivity contribution in [3.8, 4) is 0 Å². The lowest BCUT2D eigenvalue weighted by molar-refractivity contribution is 1.05. The fraction of sp³-hybridized carbons (Fsp3) is 0.364. The molecule has 0 N–H and O–H groups in total. The van der Waals surface area contributed by atoms with Crippen molar-refractivity contribution in [2.45, 2.75) is 19.8 Å². The van der Waals surface area contributed by atoms with Gasteiger partial charge in [0.2, 0.25) is 6.54 Å². The molecule has 0 heterocycles. The predicted octanol–water partition coefficient (Wildman–Crippen LogP) is 2.71. The zero-order valence-corrected chi connectivity index (χ0v) is 7.38. The van der Waals surface area contributed by atoms with Gasteiger partial charge in [0.1, 0.15) is 0 Å². The zero-order valence-electron chi connectivity index (χ0n) is 7.38. The molecule has 1 nitrogen and oxygen atoms in total. The van der Waals surface area contributed by atoms with E-state index in [-0.39, 0.29) is 0 Å². The second-order valence-corrected chi connectivity index (χ2v) is 2.81. The van der Waals surface area contributed by atoms with Gasteiger partial charge in [0.15, 0.2) is 0 Å². The van der Waals surface area contributed by atoms with Gasteiger partial charge in [-0.05, 0) is 17.5 Å². The fourth-order valence-corrected chi connectivity index (χ4v) is 1.19. The van der Waals surface area contributed by atoms with Crippen LogP contribution in [0, 0.1) is 6.57 Å². The number of rotatable bonds is 3. The van der Waals surface area contributed by atoms with Crippen molar-refractivity contribution in [2.24, 2.45) is 0 Å². The van der Waals surface area contributed by atoms with Crippen molar-refractivity contribution in [1.29, 1.82) is 0 Å². The van der Waals surface area contributed by atoms with Gasteiger partial charge in [-0.15, -0.1) is 0 Å². The molecule has 0 saturated heterocycles. The molecule has 1 aromatic rings. The van der Waals surface area contributed by atoms with Gasteiger partial charge in [-0.25, -0.2) is 6.57 Å². The van der Waals surface area contributed by atoms with Crippen molar-refractivity contribution < 1.29 is 0 Å². The maximum absolute atomic E-state index is 6.68. The van der Waals surface area contributed by atoms with E-state index >= 15 is 0 Å². The number of aryl methyl sites for hydroxylation is 1. The molecule has 0 aliphatic carbocycles. The van der Waals surface area contributed by atoms with Crippen molar-refractivity contribution >= 4 is 0 Å². The van der Waals surface area contributed by atoms with Crippen LogP contribution in [-0.2, 0) is 12.8 Å². The van der Waals surface area contributed by atoms with Gasteiger partial charge in [-0.3, -0.25) is 0 Å². The summed E-state index contributed by atoms with van der Waals surface area (Å²) in [5.74, 6) is 0. The Bertz CT molecular complexity index is 283. The minimum absolute atomic E-state index is 0.604. The van der Waals surface area contributed by atoms with Crippen LogP contribution in [0.5, 0.6) is 0 Å². The van der Waals surface area contributed by atoms with Gasteiger partial charge in [0.05, 0.1) is 0 Å². The van der Waals surface area contributed by atoms with E-state index in [1.54, 1.807) is 0 Å². The molecule has 0 aliphatic heterocycles. The highest BCUT2D eigenvalue weighted by atomic mass is 14.6. The van der Waals surface area contributed by atoms with Crippen LogP contribution < -0.4 is 0 Å². The molecule has 0 saturated carbocycles. The standard InChI is InChI=1S/C11H13N/c1-3-10-5-4-6-11(9-10)7-8-12-2/h4-6,9H,3,7-8H2,1H3. The van der Waals surface area contributed by atoms with Crippen molar-refractivity contribution in [1.82, 2.24) is 0 Å². The fourth-order valence-electron chi connectivity index (χ4n) is 1.19. The number of nitrogens with zero attached hydrogens (tertiary/aromatic N) is 1. The average Bonchev–Trinajstić information content (AvgIpc) is 2.15. The van der Waals surface area contributed by atoms with Crippen molar-refractivity contribution in [2.75, 3.05) is 6.54 Å². The van der Waals surface area contributed by atoms with E-state index in [2.05, 4.69) is 36.0 Å². The molecule has 62 valence electrons.